The van der Waals surface area contributed by atoms with Gasteiger partial charge in [-0.2, -0.15) is 0 Å². The summed E-state index contributed by atoms with van der Waals surface area (Å²) in [5.41, 5.74) is 6.49. The minimum atomic E-state index is -3.81. The van der Waals surface area contributed by atoms with E-state index < -0.39 is 22.0 Å². The molecule has 0 aliphatic carbocycles. The molecule has 1 heterocycles. The summed E-state index contributed by atoms with van der Waals surface area (Å²) in [6, 6.07) is 14.8. The van der Waals surface area contributed by atoms with Crippen molar-refractivity contribution in [2.75, 3.05) is 13.1 Å². The number of carbonyl (C=O) groups is 2. The van der Waals surface area contributed by atoms with E-state index in [9.17, 15) is 18.0 Å². The molecule has 0 bridgehead atoms. The fraction of sp³-hybridized carbons (Fsp3) is 0.333. The number of carbonyl (C=O) groups excluding carboxylic acids is 2. The van der Waals surface area contributed by atoms with E-state index in [0.717, 1.165) is 5.56 Å². The van der Waals surface area contributed by atoms with Gasteiger partial charge in [0.1, 0.15) is 0 Å². The number of sulfonamides is 1. The van der Waals surface area contributed by atoms with Crippen LogP contribution in [-0.2, 0) is 14.8 Å². The molecule has 0 radical (unpaired) electrons. The molecule has 0 spiro atoms. The van der Waals surface area contributed by atoms with Crippen molar-refractivity contribution >= 4 is 21.8 Å². The minimum absolute atomic E-state index is 0.0228. The zero-order valence-corrected chi connectivity index (χ0v) is 17.1. The fourth-order valence-corrected chi connectivity index (χ4v) is 4.76. The molecule has 154 valence electrons. The summed E-state index contributed by atoms with van der Waals surface area (Å²) in [6.45, 7) is 2.54. The Balaban J connectivity index is 1.77. The lowest BCUT2D eigenvalue weighted by Crippen LogP contribution is -2.44. The third-order valence-electron chi connectivity index (χ3n) is 5.13. The van der Waals surface area contributed by atoms with Crippen molar-refractivity contribution in [2.24, 2.45) is 11.7 Å². The zero-order valence-electron chi connectivity index (χ0n) is 16.2. The molecule has 29 heavy (non-hydrogen) atoms. The Bertz CT molecular complexity index is 992. The van der Waals surface area contributed by atoms with Crippen LogP contribution in [0.4, 0.5) is 0 Å². The third-order valence-corrected chi connectivity index (χ3v) is 6.67. The Kier molecular flexibility index (Phi) is 6.34. The number of piperidine rings is 1. The van der Waals surface area contributed by atoms with Gasteiger partial charge in [0.2, 0.25) is 15.9 Å². The average Bonchev–Trinajstić information content (AvgIpc) is 2.73. The molecule has 2 aromatic rings. The third kappa shape index (κ3) is 5.02. The zero-order chi connectivity index (χ0) is 21.0. The standard InChI is InChI=1S/C21H25N3O4S/c1-15(16-7-3-2-4-8-16)23-29(27,28)19-11-5-9-17(13-19)21(26)24-12-6-10-18(14-24)20(22)25/h2-5,7-9,11,13,15,18,23H,6,10,12,14H2,1H3,(H2,22,25)/t15-,18-/m1/s1. The molecule has 1 fully saturated rings. The highest BCUT2D eigenvalue weighted by Gasteiger charge is 2.28. The van der Waals surface area contributed by atoms with Crippen LogP contribution in [-0.4, -0.2) is 38.2 Å². The van der Waals surface area contributed by atoms with Crippen LogP contribution in [0.3, 0.4) is 0 Å². The molecule has 3 N–H and O–H groups in total. The molecule has 3 rings (SSSR count). The largest absolute Gasteiger partial charge is 0.369 e. The van der Waals surface area contributed by atoms with E-state index in [2.05, 4.69) is 4.72 Å². The molecule has 2 atom stereocenters. The summed E-state index contributed by atoms with van der Waals surface area (Å²) in [5, 5.41) is 0. The molecule has 7 nitrogen and oxygen atoms in total. The van der Waals surface area contributed by atoms with E-state index in [1.165, 1.54) is 12.1 Å². The normalized spacial score (nSPS) is 18.2. The number of nitrogens with two attached hydrogens (primary N) is 1. The van der Waals surface area contributed by atoms with Gasteiger partial charge in [-0.05, 0) is 43.5 Å². The maximum absolute atomic E-state index is 12.8. The first-order valence-electron chi connectivity index (χ1n) is 9.54. The first-order chi connectivity index (χ1) is 13.8. The molecule has 1 aliphatic rings. The number of hydrogen-bond acceptors (Lipinski definition) is 4. The number of amides is 2. The van der Waals surface area contributed by atoms with Crippen molar-refractivity contribution in [3.05, 3.63) is 65.7 Å². The smallest absolute Gasteiger partial charge is 0.253 e. The number of benzene rings is 2. The van der Waals surface area contributed by atoms with Gasteiger partial charge in [0.15, 0.2) is 0 Å². The van der Waals surface area contributed by atoms with E-state index in [1.54, 1.807) is 24.0 Å². The van der Waals surface area contributed by atoms with Gasteiger partial charge in [0.25, 0.3) is 5.91 Å². The topological polar surface area (TPSA) is 110 Å². The Morgan fingerprint density at radius 3 is 2.55 bits per heavy atom. The second kappa shape index (κ2) is 8.75. The number of rotatable bonds is 6. The molecule has 2 amide bonds. The molecule has 0 saturated carbocycles. The monoisotopic (exact) mass is 415 g/mol. The summed E-state index contributed by atoms with van der Waals surface area (Å²) in [7, 11) is -3.81. The average molecular weight is 416 g/mol. The second-order valence-electron chi connectivity index (χ2n) is 7.27. The summed E-state index contributed by atoms with van der Waals surface area (Å²) >= 11 is 0. The van der Waals surface area contributed by atoms with Crippen LogP contribution in [0.25, 0.3) is 0 Å². The predicted octanol–water partition coefficient (Wildman–Crippen LogP) is 2.06. The van der Waals surface area contributed by atoms with E-state index in [4.69, 9.17) is 5.73 Å². The van der Waals surface area contributed by atoms with Crippen LogP contribution in [0.5, 0.6) is 0 Å². The lowest BCUT2D eigenvalue weighted by molar-refractivity contribution is -0.123. The van der Waals surface area contributed by atoms with Crippen LogP contribution in [0.2, 0.25) is 0 Å². The van der Waals surface area contributed by atoms with Gasteiger partial charge in [-0.3, -0.25) is 9.59 Å². The maximum atomic E-state index is 12.8. The van der Waals surface area contributed by atoms with Crippen LogP contribution >= 0.6 is 0 Å². The van der Waals surface area contributed by atoms with Gasteiger partial charge in [0, 0.05) is 24.7 Å². The number of nitrogens with zero attached hydrogens (tertiary/aromatic N) is 1. The molecule has 2 aromatic carbocycles. The Hall–Kier alpha value is -2.71. The quantitative estimate of drug-likeness (QED) is 0.752. The van der Waals surface area contributed by atoms with Gasteiger partial charge < -0.3 is 10.6 Å². The second-order valence-corrected chi connectivity index (χ2v) is 8.99. The van der Waals surface area contributed by atoms with Crippen molar-refractivity contribution in [1.29, 1.82) is 0 Å². The highest BCUT2D eigenvalue weighted by molar-refractivity contribution is 7.89. The molecular formula is C21H25N3O4S. The molecular weight excluding hydrogens is 390 g/mol. The van der Waals surface area contributed by atoms with Gasteiger partial charge >= 0.3 is 0 Å². The van der Waals surface area contributed by atoms with Crippen molar-refractivity contribution < 1.29 is 18.0 Å². The van der Waals surface area contributed by atoms with E-state index >= 15 is 0 Å². The molecule has 1 aliphatic heterocycles. The highest BCUT2D eigenvalue weighted by Crippen LogP contribution is 2.21. The SMILES string of the molecule is C[C@@H](NS(=O)(=O)c1cccc(C(=O)N2CCC[C@@H](C(N)=O)C2)c1)c1ccccc1. The summed E-state index contributed by atoms with van der Waals surface area (Å²) in [4.78, 5) is 25.9. The molecule has 8 heteroatoms. The van der Waals surface area contributed by atoms with Gasteiger partial charge in [0.05, 0.1) is 10.8 Å². The number of nitrogens with one attached hydrogen (secondary N) is 1. The van der Waals surface area contributed by atoms with Crippen LogP contribution < -0.4 is 10.5 Å². The molecule has 1 saturated heterocycles. The number of primary amides is 1. The van der Waals surface area contributed by atoms with Crippen molar-refractivity contribution in [2.45, 2.75) is 30.7 Å². The summed E-state index contributed by atoms with van der Waals surface area (Å²) in [5.74, 6) is -1.09. The van der Waals surface area contributed by atoms with E-state index in [-0.39, 0.29) is 28.8 Å². The maximum Gasteiger partial charge on any atom is 0.253 e. The van der Waals surface area contributed by atoms with Crippen LogP contribution in [0.1, 0.15) is 41.7 Å². The molecule has 0 unspecified atom stereocenters. The van der Waals surface area contributed by atoms with E-state index in [0.29, 0.717) is 19.4 Å². The van der Waals surface area contributed by atoms with Crippen molar-refractivity contribution in [1.82, 2.24) is 9.62 Å². The predicted molar refractivity (Wildman–Crippen MR) is 109 cm³/mol. The lowest BCUT2D eigenvalue weighted by Gasteiger charge is -2.31. The van der Waals surface area contributed by atoms with Crippen LogP contribution in [0.15, 0.2) is 59.5 Å². The molecule has 0 aromatic heterocycles. The fourth-order valence-electron chi connectivity index (χ4n) is 3.48. The first-order valence-corrected chi connectivity index (χ1v) is 11.0. The van der Waals surface area contributed by atoms with Gasteiger partial charge in [-0.1, -0.05) is 36.4 Å². The van der Waals surface area contributed by atoms with Gasteiger partial charge in [-0.25, -0.2) is 13.1 Å². The first kappa shape index (κ1) is 21.0. The number of hydrogen-bond donors (Lipinski definition) is 2. The Morgan fingerprint density at radius 1 is 1.14 bits per heavy atom. The van der Waals surface area contributed by atoms with Crippen LogP contribution in [0, 0.1) is 5.92 Å². The van der Waals surface area contributed by atoms with E-state index in [1.807, 2.05) is 30.3 Å². The summed E-state index contributed by atoms with van der Waals surface area (Å²) in [6.07, 6.45) is 1.35. The Labute approximate surface area is 171 Å². The van der Waals surface area contributed by atoms with Crippen molar-refractivity contribution in [3.8, 4) is 0 Å². The lowest BCUT2D eigenvalue weighted by atomic mass is 9.97. The minimum Gasteiger partial charge on any atom is -0.369 e. The highest BCUT2D eigenvalue weighted by atomic mass is 32.2. The Morgan fingerprint density at radius 2 is 1.86 bits per heavy atom. The number of likely N-dealkylation sites (tertiary alicyclic amines) is 1. The van der Waals surface area contributed by atoms with Crippen molar-refractivity contribution in [3.63, 3.8) is 0 Å². The van der Waals surface area contributed by atoms with Gasteiger partial charge in [-0.15, -0.1) is 0 Å². The summed E-state index contributed by atoms with van der Waals surface area (Å²) < 4.78 is 28.3.